The Morgan fingerprint density at radius 2 is 1.71 bits per heavy atom. The van der Waals surface area contributed by atoms with Gasteiger partial charge in [-0.25, -0.2) is 9.78 Å². The van der Waals surface area contributed by atoms with Gasteiger partial charge in [0.2, 0.25) is 0 Å². The minimum Gasteiger partial charge on any atom is -0.462 e. The molecule has 7 nitrogen and oxygen atoms in total. The fourth-order valence-electron chi connectivity index (χ4n) is 3.75. The van der Waals surface area contributed by atoms with Gasteiger partial charge < -0.3 is 15.0 Å². The quantitative estimate of drug-likeness (QED) is 0.368. The number of para-hydroxylation sites is 1. The van der Waals surface area contributed by atoms with E-state index < -0.39 is 11.9 Å². The van der Waals surface area contributed by atoms with E-state index in [0.717, 1.165) is 16.9 Å². The molecule has 0 unspecified atom stereocenters. The summed E-state index contributed by atoms with van der Waals surface area (Å²) in [7, 11) is 3.27. The summed E-state index contributed by atoms with van der Waals surface area (Å²) >= 11 is 1.07. The van der Waals surface area contributed by atoms with Gasteiger partial charge in [-0.05, 0) is 31.5 Å². The van der Waals surface area contributed by atoms with Crippen LogP contribution in [-0.2, 0) is 4.74 Å². The molecule has 178 valence electrons. The topological polar surface area (TPSA) is 88.6 Å². The Bertz CT molecular complexity index is 1430. The van der Waals surface area contributed by atoms with E-state index in [2.05, 4.69) is 5.32 Å². The number of hydrogen-bond donors (Lipinski definition) is 1. The minimum absolute atomic E-state index is 0.174. The maximum absolute atomic E-state index is 13.6. The van der Waals surface area contributed by atoms with Crippen molar-refractivity contribution in [2.45, 2.75) is 13.8 Å². The second-order valence-corrected chi connectivity index (χ2v) is 9.09. The highest BCUT2D eigenvalue weighted by atomic mass is 32.1. The summed E-state index contributed by atoms with van der Waals surface area (Å²) in [5, 5.41) is 3.83. The highest BCUT2D eigenvalue weighted by Gasteiger charge is 2.28. The molecule has 8 heteroatoms. The number of pyridine rings is 1. The molecule has 4 aromatic rings. The Labute approximate surface area is 207 Å². The second-order valence-electron chi connectivity index (χ2n) is 8.07. The molecule has 2 aromatic carbocycles. The Morgan fingerprint density at radius 3 is 2.40 bits per heavy atom. The lowest BCUT2D eigenvalue weighted by atomic mass is 10.0. The van der Waals surface area contributed by atoms with Crippen LogP contribution < -0.4 is 5.32 Å². The molecule has 4 rings (SSSR count). The highest BCUT2D eigenvalue weighted by molar-refractivity contribution is 7.18. The summed E-state index contributed by atoms with van der Waals surface area (Å²) in [4.78, 5) is 45.6. The number of aromatic nitrogens is 1. The molecule has 2 amide bonds. The Balaban J connectivity index is 1.81. The van der Waals surface area contributed by atoms with Gasteiger partial charge in [-0.1, -0.05) is 48.5 Å². The molecule has 0 bridgehead atoms. The maximum Gasteiger partial charge on any atom is 0.341 e. The van der Waals surface area contributed by atoms with Gasteiger partial charge >= 0.3 is 5.97 Å². The van der Waals surface area contributed by atoms with E-state index in [4.69, 9.17) is 9.72 Å². The number of ether oxygens (including phenoxy) is 1. The number of carbonyl (C=O) groups is 3. The molecule has 0 aliphatic rings. The first-order valence-corrected chi connectivity index (χ1v) is 11.9. The van der Waals surface area contributed by atoms with Crippen molar-refractivity contribution < 1.29 is 19.1 Å². The number of anilines is 1. The van der Waals surface area contributed by atoms with Gasteiger partial charge in [0.1, 0.15) is 5.00 Å². The van der Waals surface area contributed by atoms with E-state index in [1.165, 1.54) is 4.90 Å². The molecule has 0 fully saturated rings. The number of carbonyl (C=O) groups excluding carboxylic acids is 3. The van der Waals surface area contributed by atoms with Crippen molar-refractivity contribution in [3.63, 3.8) is 0 Å². The van der Waals surface area contributed by atoms with Crippen LogP contribution in [0.25, 0.3) is 22.2 Å². The molecule has 0 aliphatic heterocycles. The summed E-state index contributed by atoms with van der Waals surface area (Å²) < 4.78 is 5.22. The number of amides is 2. The summed E-state index contributed by atoms with van der Waals surface area (Å²) in [5.41, 5.74) is 3.30. The fourth-order valence-corrected chi connectivity index (χ4v) is 4.96. The van der Waals surface area contributed by atoms with Crippen molar-refractivity contribution in [2.75, 3.05) is 26.0 Å². The van der Waals surface area contributed by atoms with E-state index in [-0.39, 0.29) is 23.1 Å². The van der Waals surface area contributed by atoms with Gasteiger partial charge in [0.05, 0.1) is 33.8 Å². The standard InChI is InChI=1S/C27H25N3O4S/c1-5-34-27(33)22-16(2)23(26(32)30(3)4)35-25(22)29-24(31)19-15-21(17-11-7-6-8-12-17)28-20-14-10-9-13-18(19)20/h6-15H,5H2,1-4H3,(H,29,31). The van der Waals surface area contributed by atoms with E-state index in [1.807, 2.05) is 54.6 Å². The molecule has 2 heterocycles. The molecule has 0 atom stereocenters. The van der Waals surface area contributed by atoms with Crippen LogP contribution in [0, 0.1) is 6.92 Å². The van der Waals surface area contributed by atoms with Crippen molar-refractivity contribution in [1.29, 1.82) is 0 Å². The SMILES string of the molecule is CCOC(=O)c1c(NC(=O)c2cc(-c3ccccc3)nc3ccccc23)sc(C(=O)N(C)C)c1C. The molecular formula is C27H25N3O4S. The lowest BCUT2D eigenvalue weighted by molar-refractivity contribution is 0.0527. The number of thiophene rings is 1. The van der Waals surface area contributed by atoms with E-state index in [0.29, 0.717) is 32.6 Å². The van der Waals surface area contributed by atoms with Gasteiger partial charge in [-0.2, -0.15) is 0 Å². The van der Waals surface area contributed by atoms with Crippen LogP contribution in [0.4, 0.5) is 5.00 Å². The molecule has 0 saturated carbocycles. The van der Waals surface area contributed by atoms with Crippen LogP contribution in [0.3, 0.4) is 0 Å². The molecule has 1 N–H and O–H groups in total. The van der Waals surface area contributed by atoms with Crippen LogP contribution in [0.1, 0.15) is 42.9 Å². The predicted molar refractivity (Wildman–Crippen MR) is 138 cm³/mol. The molecule has 35 heavy (non-hydrogen) atoms. The fraction of sp³-hybridized carbons (Fsp3) is 0.185. The van der Waals surface area contributed by atoms with Crippen LogP contribution >= 0.6 is 11.3 Å². The zero-order valence-corrected chi connectivity index (χ0v) is 20.7. The third kappa shape index (κ3) is 4.79. The van der Waals surface area contributed by atoms with Crippen LogP contribution in [0.5, 0.6) is 0 Å². The summed E-state index contributed by atoms with van der Waals surface area (Å²) in [6.45, 7) is 3.57. The normalized spacial score (nSPS) is 10.7. The zero-order chi connectivity index (χ0) is 25.1. The van der Waals surface area contributed by atoms with Crippen molar-refractivity contribution in [2.24, 2.45) is 0 Å². The first-order valence-electron chi connectivity index (χ1n) is 11.1. The third-order valence-corrected chi connectivity index (χ3v) is 6.68. The van der Waals surface area contributed by atoms with Crippen LogP contribution in [-0.4, -0.2) is 48.4 Å². The Kier molecular flexibility index (Phi) is 6.93. The van der Waals surface area contributed by atoms with Crippen molar-refractivity contribution >= 4 is 45.0 Å². The van der Waals surface area contributed by atoms with Gasteiger partial charge in [0.15, 0.2) is 0 Å². The monoisotopic (exact) mass is 487 g/mol. The first-order chi connectivity index (χ1) is 16.8. The van der Waals surface area contributed by atoms with E-state index in [9.17, 15) is 14.4 Å². The number of hydrogen-bond acceptors (Lipinski definition) is 6. The summed E-state index contributed by atoms with van der Waals surface area (Å²) in [6, 6.07) is 18.7. The zero-order valence-electron chi connectivity index (χ0n) is 19.9. The number of benzene rings is 2. The molecule has 0 spiro atoms. The lowest BCUT2D eigenvalue weighted by Gasteiger charge is -2.11. The van der Waals surface area contributed by atoms with Crippen molar-refractivity contribution in [1.82, 2.24) is 9.88 Å². The lowest BCUT2D eigenvalue weighted by Crippen LogP contribution is -2.21. The number of nitrogens with zero attached hydrogens (tertiary/aromatic N) is 2. The Morgan fingerprint density at radius 1 is 1.03 bits per heavy atom. The van der Waals surface area contributed by atoms with Gasteiger partial charge in [-0.3, -0.25) is 9.59 Å². The third-order valence-electron chi connectivity index (χ3n) is 5.48. The van der Waals surface area contributed by atoms with Crippen molar-refractivity contribution in [3.8, 4) is 11.3 Å². The van der Waals surface area contributed by atoms with Gasteiger partial charge in [0, 0.05) is 25.0 Å². The molecule has 0 aliphatic carbocycles. The van der Waals surface area contributed by atoms with Gasteiger partial charge in [0.25, 0.3) is 11.8 Å². The molecular weight excluding hydrogens is 462 g/mol. The highest BCUT2D eigenvalue weighted by Crippen LogP contribution is 2.35. The van der Waals surface area contributed by atoms with Gasteiger partial charge in [-0.15, -0.1) is 11.3 Å². The maximum atomic E-state index is 13.6. The van der Waals surface area contributed by atoms with Crippen LogP contribution in [0.15, 0.2) is 60.7 Å². The van der Waals surface area contributed by atoms with Crippen LogP contribution in [0.2, 0.25) is 0 Å². The number of fused-ring (bicyclic) bond motifs is 1. The number of esters is 1. The summed E-state index contributed by atoms with van der Waals surface area (Å²) in [6.07, 6.45) is 0. The molecule has 0 saturated heterocycles. The Hall–Kier alpha value is -4.04. The second kappa shape index (κ2) is 10.1. The number of rotatable bonds is 6. The molecule has 0 radical (unpaired) electrons. The predicted octanol–water partition coefficient (Wildman–Crippen LogP) is 5.40. The van der Waals surface area contributed by atoms with E-state index >= 15 is 0 Å². The number of nitrogens with one attached hydrogen (secondary N) is 1. The minimum atomic E-state index is -0.584. The first kappa shape index (κ1) is 24.1. The summed E-state index contributed by atoms with van der Waals surface area (Å²) in [5.74, 6) is -1.24. The molecule has 2 aromatic heterocycles. The average molecular weight is 488 g/mol. The van der Waals surface area contributed by atoms with Crippen molar-refractivity contribution in [3.05, 3.63) is 82.2 Å². The van der Waals surface area contributed by atoms with E-state index in [1.54, 1.807) is 34.0 Å². The smallest absolute Gasteiger partial charge is 0.341 e. The largest absolute Gasteiger partial charge is 0.462 e. The average Bonchev–Trinajstić information content (AvgIpc) is 3.18.